The zero-order valence-electron chi connectivity index (χ0n) is 12.5. The fraction of sp³-hybridized carbons (Fsp3) is 0.333. The molecule has 0 aliphatic heterocycles. The molecule has 0 amide bonds. The lowest BCUT2D eigenvalue weighted by Gasteiger charge is -2.15. The Morgan fingerprint density at radius 1 is 1.32 bits per heavy atom. The van der Waals surface area contributed by atoms with Crippen LogP contribution in [0.4, 0.5) is 0 Å². The van der Waals surface area contributed by atoms with Gasteiger partial charge >= 0.3 is 0 Å². The summed E-state index contributed by atoms with van der Waals surface area (Å²) in [6.45, 7) is 3.01. The first-order valence-corrected chi connectivity index (χ1v) is 9.26. The lowest BCUT2D eigenvalue weighted by atomic mass is 10.2. The first-order chi connectivity index (χ1) is 10.4. The highest BCUT2D eigenvalue weighted by molar-refractivity contribution is 7.91. The summed E-state index contributed by atoms with van der Waals surface area (Å²) in [5.74, 6) is 0.0414. The van der Waals surface area contributed by atoms with Crippen molar-refractivity contribution in [1.29, 1.82) is 5.26 Å². The van der Waals surface area contributed by atoms with Gasteiger partial charge in [-0.1, -0.05) is 0 Å². The molecule has 116 valence electrons. The number of aromatic nitrogens is 1. The third-order valence-corrected chi connectivity index (χ3v) is 5.82. The summed E-state index contributed by atoms with van der Waals surface area (Å²) in [6.07, 6.45) is 0. The van der Waals surface area contributed by atoms with Crippen molar-refractivity contribution in [2.75, 3.05) is 19.3 Å². The van der Waals surface area contributed by atoms with Crippen LogP contribution in [-0.2, 0) is 16.4 Å². The van der Waals surface area contributed by atoms with Crippen LogP contribution in [0.2, 0.25) is 0 Å². The maximum absolute atomic E-state index is 12.3. The Balaban J connectivity index is 1.95. The van der Waals surface area contributed by atoms with Crippen molar-refractivity contribution in [3.63, 3.8) is 0 Å². The maximum atomic E-state index is 12.3. The van der Waals surface area contributed by atoms with E-state index in [9.17, 15) is 8.42 Å². The molecule has 0 aliphatic carbocycles. The van der Waals surface area contributed by atoms with Crippen LogP contribution in [0.25, 0.3) is 0 Å². The number of sulfone groups is 1. The molecule has 0 fully saturated rings. The van der Waals surface area contributed by atoms with E-state index < -0.39 is 9.84 Å². The Kier molecular flexibility index (Phi) is 5.29. The molecule has 0 atom stereocenters. The van der Waals surface area contributed by atoms with Crippen LogP contribution in [0.5, 0.6) is 0 Å². The predicted molar refractivity (Wildman–Crippen MR) is 86.4 cm³/mol. The van der Waals surface area contributed by atoms with Crippen LogP contribution in [0, 0.1) is 18.3 Å². The highest BCUT2D eigenvalue weighted by atomic mass is 32.2. The number of aryl methyl sites for hydroxylation is 1. The van der Waals surface area contributed by atoms with Crippen LogP contribution in [0.3, 0.4) is 0 Å². The van der Waals surface area contributed by atoms with Gasteiger partial charge in [-0.2, -0.15) is 5.26 Å². The Bertz CT molecular complexity index is 774. The third-order valence-electron chi connectivity index (χ3n) is 3.16. The molecule has 0 N–H and O–H groups in total. The second-order valence-corrected chi connectivity index (χ2v) is 8.13. The monoisotopic (exact) mass is 335 g/mol. The van der Waals surface area contributed by atoms with Crippen molar-refractivity contribution in [2.24, 2.45) is 0 Å². The third kappa shape index (κ3) is 4.37. The Labute approximate surface area is 134 Å². The standard InChI is InChI=1S/C15H17N3O2S2/c1-12-11-21-15(17-12)10-18(2)7-8-22(19,20)14-5-3-13(9-16)4-6-14/h3-6,11H,7-8,10H2,1-2H3. The second kappa shape index (κ2) is 7.01. The molecule has 0 aliphatic rings. The van der Waals surface area contributed by atoms with Gasteiger partial charge < -0.3 is 0 Å². The molecule has 0 saturated carbocycles. The van der Waals surface area contributed by atoms with Gasteiger partial charge in [0.1, 0.15) is 5.01 Å². The smallest absolute Gasteiger partial charge is 0.179 e. The minimum atomic E-state index is -3.34. The van der Waals surface area contributed by atoms with Gasteiger partial charge in [0.15, 0.2) is 9.84 Å². The minimum Gasteiger partial charge on any atom is -0.299 e. The van der Waals surface area contributed by atoms with Crippen LogP contribution < -0.4 is 0 Å². The van der Waals surface area contributed by atoms with E-state index in [1.54, 1.807) is 11.3 Å². The molecule has 5 nitrogen and oxygen atoms in total. The number of thiazole rings is 1. The van der Waals surface area contributed by atoms with Gasteiger partial charge in [0.25, 0.3) is 0 Å². The topological polar surface area (TPSA) is 74.1 Å². The van der Waals surface area contributed by atoms with E-state index in [1.165, 1.54) is 24.3 Å². The highest BCUT2D eigenvalue weighted by Gasteiger charge is 2.15. The Hall–Kier alpha value is -1.75. The summed E-state index contributed by atoms with van der Waals surface area (Å²) in [5, 5.41) is 11.7. The Morgan fingerprint density at radius 3 is 2.55 bits per heavy atom. The first kappa shape index (κ1) is 16.6. The van der Waals surface area contributed by atoms with E-state index in [1.807, 2.05) is 30.3 Å². The van der Waals surface area contributed by atoms with E-state index in [2.05, 4.69) is 4.98 Å². The molecule has 7 heteroatoms. The lowest BCUT2D eigenvalue weighted by molar-refractivity contribution is 0.345. The quantitative estimate of drug-likeness (QED) is 0.809. The summed E-state index contributed by atoms with van der Waals surface area (Å²) in [5.41, 5.74) is 1.44. The molecule has 0 bridgehead atoms. The average Bonchev–Trinajstić information content (AvgIpc) is 2.90. The van der Waals surface area contributed by atoms with Crippen LogP contribution in [0.1, 0.15) is 16.3 Å². The van der Waals surface area contributed by atoms with Crippen molar-refractivity contribution >= 4 is 21.2 Å². The number of hydrogen-bond donors (Lipinski definition) is 0. The van der Waals surface area contributed by atoms with E-state index >= 15 is 0 Å². The first-order valence-electron chi connectivity index (χ1n) is 6.73. The zero-order chi connectivity index (χ0) is 16.2. The van der Waals surface area contributed by atoms with Gasteiger partial charge in [-0.3, -0.25) is 4.90 Å². The molecule has 0 unspecified atom stereocenters. The van der Waals surface area contributed by atoms with Crippen molar-refractivity contribution < 1.29 is 8.42 Å². The van der Waals surface area contributed by atoms with Crippen molar-refractivity contribution in [2.45, 2.75) is 18.4 Å². The zero-order valence-corrected chi connectivity index (χ0v) is 14.1. The molecule has 0 spiro atoms. The van der Waals surface area contributed by atoms with Crippen LogP contribution >= 0.6 is 11.3 Å². The summed E-state index contributed by atoms with van der Waals surface area (Å²) >= 11 is 1.58. The van der Waals surface area contributed by atoms with Gasteiger partial charge in [-0.05, 0) is 38.2 Å². The SMILES string of the molecule is Cc1csc(CN(C)CCS(=O)(=O)c2ccc(C#N)cc2)n1. The number of nitriles is 1. The van der Waals surface area contributed by atoms with E-state index in [-0.39, 0.29) is 10.6 Å². The lowest BCUT2D eigenvalue weighted by Crippen LogP contribution is -2.25. The second-order valence-electron chi connectivity index (χ2n) is 5.08. The number of benzene rings is 1. The molecule has 0 radical (unpaired) electrons. The van der Waals surface area contributed by atoms with E-state index in [4.69, 9.17) is 5.26 Å². The van der Waals surface area contributed by atoms with Crippen molar-refractivity contribution in [3.05, 3.63) is 45.9 Å². The van der Waals surface area contributed by atoms with Gasteiger partial charge in [0.05, 0.1) is 28.8 Å². The molecule has 2 aromatic rings. The largest absolute Gasteiger partial charge is 0.299 e. The number of hydrogen-bond acceptors (Lipinski definition) is 6. The summed E-state index contributed by atoms with van der Waals surface area (Å²) in [7, 11) is -1.46. The normalized spacial score (nSPS) is 11.5. The van der Waals surface area contributed by atoms with Gasteiger partial charge in [-0.25, -0.2) is 13.4 Å². The van der Waals surface area contributed by atoms with Crippen LogP contribution in [0.15, 0.2) is 34.5 Å². The molecule has 1 aromatic heterocycles. The molecule has 2 rings (SSSR count). The molecule has 1 aromatic carbocycles. The highest BCUT2D eigenvalue weighted by Crippen LogP contribution is 2.14. The minimum absolute atomic E-state index is 0.0414. The number of nitrogens with zero attached hydrogens (tertiary/aromatic N) is 3. The van der Waals surface area contributed by atoms with Gasteiger partial charge in [0.2, 0.25) is 0 Å². The number of rotatable bonds is 6. The summed E-state index contributed by atoms with van der Waals surface area (Å²) < 4.78 is 24.5. The van der Waals surface area contributed by atoms with Gasteiger partial charge in [-0.15, -0.1) is 11.3 Å². The molecular weight excluding hydrogens is 318 g/mol. The maximum Gasteiger partial charge on any atom is 0.179 e. The van der Waals surface area contributed by atoms with Crippen molar-refractivity contribution in [3.8, 4) is 6.07 Å². The molecule has 22 heavy (non-hydrogen) atoms. The van der Waals surface area contributed by atoms with Gasteiger partial charge in [0, 0.05) is 17.6 Å². The fourth-order valence-electron chi connectivity index (χ4n) is 1.92. The molecular formula is C15H17N3O2S2. The molecule has 0 saturated heterocycles. The van der Waals surface area contributed by atoms with E-state index in [0.29, 0.717) is 18.7 Å². The van der Waals surface area contributed by atoms with Crippen LogP contribution in [-0.4, -0.2) is 37.6 Å². The predicted octanol–water partition coefficient (Wildman–Crippen LogP) is 2.23. The average molecular weight is 335 g/mol. The summed E-state index contributed by atoms with van der Waals surface area (Å²) in [6, 6.07) is 7.99. The summed E-state index contributed by atoms with van der Waals surface area (Å²) in [4.78, 5) is 6.57. The molecule has 1 heterocycles. The van der Waals surface area contributed by atoms with Crippen molar-refractivity contribution in [1.82, 2.24) is 9.88 Å². The Morgan fingerprint density at radius 2 is 2.00 bits per heavy atom. The van der Waals surface area contributed by atoms with E-state index in [0.717, 1.165) is 10.7 Å². The fourth-order valence-corrected chi connectivity index (χ4v) is 4.11.